The summed E-state index contributed by atoms with van der Waals surface area (Å²) >= 11 is 0. The number of hydrogen-bond acceptors (Lipinski definition) is 3. The van der Waals surface area contributed by atoms with Crippen LogP contribution in [0.1, 0.15) is 0 Å². The fourth-order valence-corrected chi connectivity index (χ4v) is 1.69. The first-order valence-corrected chi connectivity index (χ1v) is 5.60. The number of para-hydroxylation sites is 1. The second-order valence-corrected chi connectivity index (χ2v) is 3.97. The van der Waals surface area contributed by atoms with Crippen molar-refractivity contribution < 1.29 is 19.1 Å². The molecule has 0 aliphatic carbocycles. The molecule has 0 fully saturated rings. The van der Waals surface area contributed by atoms with E-state index in [1.165, 1.54) is 4.68 Å². The first kappa shape index (κ1) is 13.0. The summed E-state index contributed by atoms with van der Waals surface area (Å²) in [7, 11) is 0. The lowest BCUT2D eigenvalue weighted by Gasteiger charge is -2.11. The fourth-order valence-electron chi connectivity index (χ4n) is 1.69. The summed E-state index contributed by atoms with van der Waals surface area (Å²) in [6.45, 7) is -1.31. The first-order chi connectivity index (χ1) is 9.11. The van der Waals surface area contributed by atoms with Crippen LogP contribution in [0, 0.1) is 0 Å². The van der Waals surface area contributed by atoms with Crippen molar-refractivity contribution in [2.45, 2.75) is 12.6 Å². The van der Waals surface area contributed by atoms with Gasteiger partial charge < -0.3 is 10.4 Å². The van der Waals surface area contributed by atoms with Gasteiger partial charge in [0.25, 0.3) is 0 Å². The number of amides is 1. The molecule has 6 nitrogen and oxygen atoms in total. The summed E-state index contributed by atoms with van der Waals surface area (Å²) in [5, 5.41) is 15.6. The molecule has 0 bridgehead atoms. The van der Waals surface area contributed by atoms with Gasteiger partial charge in [0.05, 0.1) is 11.7 Å². The van der Waals surface area contributed by atoms with E-state index in [0.717, 1.165) is 10.9 Å². The smallest absolute Gasteiger partial charge is 0.328 e. The molecule has 2 N–H and O–H groups in total. The molecule has 2 aromatic rings. The van der Waals surface area contributed by atoms with Gasteiger partial charge >= 0.3 is 5.97 Å². The molecule has 1 heterocycles. The lowest BCUT2D eigenvalue weighted by Crippen LogP contribution is -2.43. The Morgan fingerprint density at radius 1 is 1.42 bits per heavy atom. The number of hydrogen-bond donors (Lipinski definition) is 2. The highest BCUT2D eigenvalue weighted by molar-refractivity contribution is 5.85. The third-order valence-corrected chi connectivity index (χ3v) is 2.63. The van der Waals surface area contributed by atoms with Crippen molar-refractivity contribution in [3.63, 3.8) is 0 Å². The summed E-state index contributed by atoms with van der Waals surface area (Å²) in [5.74, 6) is -2.00. The molecule has 7 heteroatoms. The van der Waals surface area contributed by atoms with Gasteiger partial charge in [-0.3, -0.25) is 9.48 Å². The maximum Gasteiger partial charge on any atom is 0.328 e. The Hall–Kier alpha value is -2.44. The monoisotopic (exact) mass is 265 g/mol. The quantitative estimate of drug-likeness (QED) is 0.828. The minimum Gasteiger partial charge on any atom is -0.480 e. The SMILES string of the molecule is O=C(Cn1ncc2ccccc21)NC(CF)C(=O)O. The number of halogens is 1. The Bertz CT molecular complexity index is 611. The molecule has 1 aromatic heterocycles. The van der Waals surface area contributed by atoms with Crippen molar-refractivity contribution in [1.82, 2.24) is 15.1 Å². The number of rotatable bonds is 5. The summed E-state index contributed by atoms with van der Waals surface area (Å²) in [6.07, 6.45) is 1.60. The minimum absolute atomic E-state index is 0.155. The van der Waals surface area contributed by atoms with E-state index in [-0.39, 0.29) is 6.54 Å². The molecular weight excluding hydrogens is 253 g/mol. The van der Waals surface area contributed by atoms with Gasteiger partial charge in [0, 0.05) is 5.39 Å². The van der Waals surface area contributed by atoms with Crippen LogP contribution in [0.4, 0.5) is 4.39 Å². The molecule has 0 aliphatic rings. The number of carboxylic acids is 1. The highest BCUT2D eigenvalue weighted by atomic mass is 19.1. The third-order valence-electron chi connectivity index (χ3n) is 2.63. The predicted molar refractivity (Wildman–Crippen MR) is 65.3 cm³/mol. The largest absolute Gasteiger partial charge is 0.480 e. The molecule has 0 spiro atoms. The van der Waals surface area contributed by atoms with E-state index in [9.17, 15) is 14.0 Å². The van der Waals surface area contributed by atoms with Gasteiger partial charge in [-0.2, -0.15) is 5.10 Å². The number of aromatic nitrogens is 2. The van der Waals surface area contributed by atoms with Crippen LogP contribution in [0.2, 0.25) is 0 Å². The topological polar surface area (TPSA) is 84.2 Å². The molecule has 0 saturated carbocycles. The van der Waals surface area contributed by atoms with Gasteiger partial charge in [0.2, 0.25) is 5.91 Å². The number of aliphatic carboxylic acids is 1. The van der Waals surface area contributed by atoms with Crippen LogP contribution in [-0.4, -0.2) is 39.5 Å². The van der Waals surface area contributed by atoms with Crippen LogP contribution in [0.15, 0.2) is 30.5 Å². The molecule has 0 radical (unpaired) electrons. The Kier molecular flexibility index (Phi) is 3.74. The van der Waals surface area contributed by atoms with Gasteiger partial charge in [-0.25, -0.2) is 9.18 Å². The first-order valence-electron chi connectivity index (χ1n) is 5.60. The number of carbonyl (C=O) groups excluding carboxylic acids is 1. The fraction of sp³-hybridized carbons (Fsp3) is 0.250. The van der Waals surface area contributed by atoms with E-state index >= 15 is 0 Å². The maximum atomic E-state index is 12.4. The zero-order valence-electron chi connectivity index (χ0n) is 9.91. The van der Waals surface area contributed by atoms with Crippen LogP contribution in [-0.2, 0) is 16.1 Å². The Morgan fingerprint density at radius 3 is 2.84 bits per heavy atom. The Balaban J connectivity index is 2.09. The number of carbonyl (C=O) groups is 2. The molecule has 1 amide bonds. The summed E-state index contributed by atoms with van der Waals surface area (Å²) < 4.78 is 13.8. The van der Waals surface area contributed by atoms with Gasteiger partial charge in [-0.05, 0) is 6.07 Å². The molecule has 19 heavy (non-hydrogen) atoms. The maximum absolute atomic E-state index is 12.4. The second kappa shape index (κ2) is 5.47. The molecule has 1 aromatic carbocycles. The number of nitrogens with zero attached hydrogens (tertiary/aromatic N) is 2. The second-order valence-electron chi connectivity index (χ2n) is 3.97. The van der Waals surface area contributed by atoms with Crippen molar-refractivity contribution in [2.24, 2.45) is 0 Å². The van der Waals surface area contributed by atoms with Crippen molar-refractivity contribution in [3.8, 4) is 0 Å². The van der Waals surface area contributed by atoms with Crippen LogP contribution in [0.25, 0.3) is 10.9 Å². The molecular formula is C12H12FN3O3. The normalized spacial score (nSPS) is 12.3. The predicted octanol–water partition coefficient (Wildman–Crippen LogP) is 0.575. The van der Waals surface area contributed by atoms with Crippen molar-refractivity contribution >= 4 is 22.8 Å². The highest BCUT2D eigenvalue weighted by Gasteiger charge is 2.20. The summed E-state index contributed by atoms with van der Waals surface area (Å²) in [6, 6.07) is 5.77. The van der Waals surface area contributed by atoms with Crippen LogP contribution in [0.5, 0.6) is 0 Å². The highest BCUT2D eigenvalue weighted by Crippen LogP contribution is 2.12. The Morgan fingerprint density at radius 2 is 2.16 bits per heavy atom. The molecule has 0 saturated heterocycles. The number of benzene rings is 1. The number of fused-ring (bicyclic) bond motifs is 1. The number of nitrogens with one attached hydrogen (secondary N) is 1. The van der Waals surface area contributed by atoms with E-state index < -0.39 is 24.6 Å². The van der Waals surface area contributed by atoms with E-state index in [0.29, 0.717) is 0 Å². The van der Waals surface area contributed by atoms with Gasteiger partial charge in [-0.15, -0.1) is 0 Å². The van der Waals surface area contributed by atoms with Crippen molar-refractivity contribution in [1.29, 1.82) is 0 Å². The summed E-state index contributed by atoms with van der Waals surface area (Å²) in [4.78, 5) is 22.2. The third kappa shape index (κ3) is 2.87. The van der Waals surface area contributed by atoms with Crippen molar-refractivity contribution in [2.75, 3.05) is 6.67 Å². The average molecular weight is 265 g/mol. The zero-order valence-corrected chi connectivity index (χ0v) is 9.91. The standard InChI is InChI=1S/C12H12FN3O3/c13-5-9(12(18)19)15-11(17)7-16-10-4-2-1-3-8(10)6-14-16/h1-4,6,9H,5,7H2,(H,15,17)(H,18,19). The van der Waals surface area contributed by atoms with E-state index in [1.807, 2.05) is 12.1 Å². The number of carboxylic acid groups (broad SMARTS) is 1. The van der Waals surface area contributed by atoms with Gasteiger partial charge in [0.15, 0.2) is 6.04 Å². The lowest BCUT2D eigenvalue weighted by molar-refractivity contribution is -0.142. The zero-order chi connectivity index (χ0) is 13.8. The molecule has 0 aliphatic heterocycles. The van der Waals surface area contributed by atoms with E-state index in [1.54, 1.807) is 18.3 Å². The summed E-state index contributed by atoms with van der Waals surface area (Å²) in [5.41, 5.74) is 0.754. The van der Waals surface area contributed by atoms with Crippen LogP contribution in [0.3, 0.4) is 0 Å². The van der Waals surface area contributed by atoms with E-state index in [4.69, 9.17) is 5.11 Å². The lowest BCUT2D eigenvalue weighted by atomic mass is 10.2. The molecule has 1 atom stereocenters. The van der Waals surface area contributed by atoms with Gasteiger partial charge in [-0.1, -0.05) is 18.2 Å². The molecule has 2 rings (SSSR count). The minimum atomic E-state index is -1.52. The van der Waals surface area contributed by atoms with E-state index in [2.05, 4.69) is 10.4 Å². The van der Waals surface area contributed by atoms with Crippen LogP contribution >= 0.6 is 0 Å². The molecule has 1 unspecified atom stereocenters. The Labute approximate surface area is 107 Å². The average Bonchev–Trinajstić information content (AvgIpc) is 2.79. The van der Waals surface area contributed by atoms with Crippen molar-refractivity contribution in [3.05, 3.63) is 30.5 Å². The van der Waals surface area contributed by atoms with Gasteiger partial charge in [0.1, 0.15) is 13.2 Å². The van der Waals surface area contributed by atoms with Crippen LogP contribution < -0.4 is 5.32 Å². The number of alkyl halides is 1. The molecule has 100 valence electrons.